The van der Waals surface area contributed by atoms with Gasteiger partial charge in [-0.2, -0.15) is 0 Å². The topological polar surface area (TPSA) is 30.5 Å². The van der Waals surface area contributed by atoms with E-state index in [9.17, 15) is 0 Å². The Morgan fingerprint density at radius 2 is 1.78 bits per heavy atom. The molecule has 0 aliphatic rings. The summed E-state index contributed by atoms with van der Waals surface area (Å²) in [5.41, 5.74) is 2.32. The lowest BCUT2D eigenvalue weighted by Gasteiger charge is -2.20. The maximum absolute atomic E-state index is 5.30. The molecule has 0 heterocycles. The molecule has 0 saturated heterocycles. The molecular formula is C15H23NO2. The molecule has 0 saturated carbocycles. The second kappa shape index (κ2) is 7.07. The predicted octanol–water partition coefficient (Wildman–Crippen LogP) is 3.32. The first-order valence-electron chi connectivity index (χ1n) is 6.21. The lowest BCUT2D eigenvalue weighted by molar-refractivity contribution is 0.391. The SMILES string of the molecule is C=C(C)CC(NCC)c1cc(OC)cc(OC)c1. The molecule has 0 amide bonds. The van der Waals surface area contributed by atoms with Crippen LogP contribution in [0.4, 0.5) is 0 Å². The summed E-state index contributed by atoms with van der Waals surface area (Å²) in [4.78, 5) is 0. The third kappa shape index (κ3) is 4.08. The molecule has 1 atom stereocenters. The molecular weight excluding hydrogens is 226 g/mol. The van der Waals surface area contributed by atoms with Crippen LogP contribution in [0, 0.1) is 0 Å². The fraction of sp³-hybridized carbons (Fsp3) is 0.467. The van der Waals surface area contributed by atoms with E-state index < -0.39 is 0 Å². The predicted molar refractivity (Wildman–Crippen MR) is 75.4 cm³/mol. The van der Waals surface area contributed by atoms with Gasteiger partial charge in [-0.3, -0.25) is 0 Å². The van der Waals surface area contributed by atoms with Crippen LogP contribution >= 0.6 is 0 Å². The third-order valence-electron chi connectivity index (χ3n) is 2.78. The van der Waals surface area contributed by atoms with Crippen molar-refractivity contribution in [3.63, 3.8) is 0 Å². The Kier molecular flexibility index (Phi) is 5.72. The Balaban J connectivity index is 3.05. The van der Waals surface area contributed by atoms with E-state index in [-0.39, 0.29) is 6.04 Å². The van der Waals surface area contributed by atoms with Gasteiger partial charge >= 0.3 is 0 Å². The quantitative estimate of drug-likeness (QED) is 0.752. The number of ether oxygens (including phenoxy) is 2. The largest absolute Gasteiger partial charge is 0.497 e. The van der Waals surface area contributed by atoms with E-state index in [2.05, 4.69) is 18.8 Å². The highest BCUT2D eigenvalue weighted by Gasteiger charge is 2.13. The van der Waals surface area contributed by atoms with E-state index >= 15 is 0 Å². The highest BCUT2D eigenvalue weighted by molar-refractivity contribution is 5.40. The monoisotopic (exact) mass is 249 g/mol. The maximum Gasteiger partial charge on any atom is 0.122 e. The van der Waals surface area contributed by atoms with Crippen molar-refractivity contribution in [2.75, 3.05) is 20.8 Å². The van der Waals surface area contributed by atoms with Gasteiger partial charge in [0, 0.05) is 12.1 Å². The summed E-state index contributed by atoms with van der Waals surface area (Å²) in [7, 11) is 3.33. The molecule has 1 unspecified atom stereocenters. The molecule has 0 aliphatic heterocycles. The van der Waals surface area contributed by atoms with Gasteiger partial charge in [0.1, 0.15) is 11.5 Å². The van der Waals surface area contributed by atoms with Crippen LogP contribution in [0.25, 0.3) is 0 Å². The normalized spacial score (nSPS) is 12.0. The zero-order valence-corrected chi connectivity index (χ0v) is 11.7. The standard InChI is InChI=1S/C15H23NO2/c1-6-16-15(7-11(2)3)12-8-13(17-4)10-14(9-12)18-5/h8-10,15-16H,2,6-7H2,1,3-5H3. The van der Waals surface area contributed by atoms with Gasteiger partial charge in [0.25, 0.3) is 0 Å². The summed E-state index contributed by atoms with van der Waals surface area (Å²) in [6.45, 7) is 9.04. The van der Waals surface area contributed by atoms with Crippen molar-refractivity contribution >= 4 is 0 Å². The van der Waals surface area contributed by atoms with E-state index in [1.54, 1.807) is 14.2 Å². The summed E-state index contributed by atoms with van der Waals surface area (Å²) in [6.07, 6.45) is 0.907. The number of rotatable bonds is 7. The summed E-state index contributed by atoms with van der Waals surface area (Å²) < 4.78 is 10.6. The average molecular weight is 249 g/mol. The second-order valence-electron chi connectivity index (χ2n) is 4.42. The molecule has 1 rings (SSSR count). The molecule has 1 aromatic carbocycles. The molecule has 100 valence electrons. The number of nitrogens with one attached hydrogen (secondary N) is 1. The Bertz CT molecular complexity index is 379. The van der Waals surface area contributed by atoms with E-state index in [0.717, 1.165) is 35.6 Å². The van der Waals surface area contributed by atoms with E-state index in [4.69, 9.17) is 9.47 Å². The summed E-state index contributed by atoms with van der Waals surface area (Å²) in [5, 5.41) is 3.46. The first-order chi connectivity index (χ1) is 8.60. The second-order valence-corrected chi connectivity index (χ2v) is 4.42. The highest BCUT2D eigenvalue weighted by Crippen LogP contribution is 2.29. The molecule has 0 spiro atoms. The van der Waals surface area contributed by atoms with Crippen LogP contribution in [0.1, 0.15) is 31.9 Å². The van der Waals surface area contributed by atoms with Crippen molar-refractivity contribution in [3.8, 4) is 11.5 Å². The molecule has 3 nitrogen and oxygen atoms in total. The highest BCUT2D eigenvalue weighted by atomic mass is 16.5. The molecule has 0 aliphatic carbocycles. The summed E-state index contributed by atoms with van der Waals surface area (Å²) in [6, 6.07) is 6.21. The van der Waals surface area contributed by atoms with Gasteiger partial charge in [-0.25, -0.2) is 0 Å². The molecule has 1 aromatic rings. The average Bonchev–Trinajstić information content (AvgIpc) is 2.37. The van der Waals surface area contributed by atoms with Gasteiger partial charge < -0.3 is 14.8 Å². The van der Waals surface area contributed by atoms with Crippen LogP contribution in [-0.2, 0) is 0 Å². The van der Waals surface area contributed by atoms with Gasteiger partial charge in [-0.05, 0) is 37.6 Å². The maximum atomic E-state index is 5.30. The summed E-state index contributed by atoms with van der Waals surface area (Å²) in [5.74, 6) is 1.63. The Morgan fingerprint density at radius 1 is 1.22 bits per heavy atom. The first-order valence-corrected chi connectivity index (χ1v) is 6.21. The fourth-order valence-electron chi connectivity index (χ4n) is 1.93. The molecule has 0 bridgehead atoms. The molecule has 0 aromatic heterocycles. The molecule has 1 N–H and O–H groups in total. The van der Waals surface area contributed by atoms with Crippen molar-refractivity contribution in [1.29, 1.82) is 0 Å². The number of benzene rings is 1. The minimum atomic E-state index is 0.247. The van der Waals surface area contributed by atoms with Crippen LogP contribution in [0.3, 0.4) is 0 Å². The number of hydrogen-bond donors (Lipinski definition) is 1. The van der Waals surface area contributed by atoms with Gasteiger partial charge in [-0.15, -0.1) is 6.58 Å². The van der Waals surface area contributed by atoms with E-state index in [0.29, 0.717) is 0 Å². The number of hydrogen-bond acceptors (Lipinski definition) is 3. The van der Waals surface area contributed by atoms with Crippen LogP contribution in [0.5, 0.6) is 11.5 Å². The van der Waals surface area contributed by atoms with Crippen molar-refractivity contribution in [2.45, 2.75) is 26.3 Å². The van der Waals surface area contributed by atoms with Crippen molar-refractivity contribution < 1.29 is 9.47 Å². The van der Waals surface area contributed by atoms with Gasteiger partial charge in [0.2, 0.25) is 0 Å². The zero-order chi connectivity index (χ0) is 13.5. The molecule has 18 heavy (non-hydrogen) atoms. The van der Waals surface area contributed by atoms with Crippen LogP contribution < -0.4 is 14.8 Å². The number of methoxy groups -OCH3 is 2. The molecule has 0 radical (unpaired) electrons. The van der Waals surface area contributed by atoms with E-state index in [1.165, 1.54) is 0 Å². The lowest BCUT2D eigenvalue weighted by Crippen LogP contribution is -2.21. The van der Waals surface area contributed by atoms with Crippen molar-refractivity contribution in [3.05, 3.63) is 35.9 Å². The van der Waals surface area contributed by atoms with Crippen LogP contribution in [-0.4, -0.2) is 20.8 Å². The molecule has 3 heteroatoms. The minimum Gasteiger partial charge on any atom is -0.497 e. The molecule has 0 fully saturated rings. The third-order valence-corrected chi connectivity index (χ3v) is 2.78. The van der Waals surface area contributed by atoms with Crippen molar-refractivity contribution in [2.24, 2.45) is 0 Å². The first kappa shape index (κ1) is 14.6. The van der Waals surface area contributed by atoms with Gasteiger partial charge in [0.05, 0.1) is 14.2 Å². The van der Waals surface area contributed by atoms with Crippen molar-refractivity contribution in [1.82, 2.24) is 5.32 Å². The Morgan fingerprint density at radius 3 is 2.17 bits per heavy atom. The Labute approximate surface area is 110 Å². The lowest BCUT2D eigenvalue weighted by atomic mass is 9.99. The van der Waals surface area contributed by atoms with Crippen LogP contribution in [0.2, 0.25) is 0 Å². The van der Waals surface area contributed by atoms with Gasteiger partial charge in [0.15, 0.2) is 0 Å². The fourth-order valence-corrected chi connectivity index (χ4v) is 1.93. The smallest absolute Gasteiger partial charge is 0.122 e. The minimum absolute atomic E-state index is 0.247. The van der Waals surface area contributed by atoms with Gasteiger partial charge in [-0.1, -0.05) is 12.5 Å². The van der Waals surface area contributed by atoms with E-state index in [1.807, 2.05) is 25.1 Å². The zero-order valence-electron chi connectivity index (χ0n) is 11.7. The van der Waals surface area contributed by atoms with Crippen LogP contribution in [0.15, 0.2) is 30.4 Å². The summed E-state index contributed by atoms with van der Waals surface area (Å²) >= 11 is 0. The Hall–Kier alpha value is -1.48.